The second-order valence-electron chi connectivity index (χ2n) is 13.0. The summed E-state index contributed by atoms with van der Waals surface area (Å²) < 4.78 is 17.0. The number of oxazole rings is 1. The van der Waals surface area contributed by atoms with Crippen LogP contribution in [0.5, 0.6) is 5.88 Å². The maximum absolute atomic E-state index is 12.7. The van der Waals surface area contributed by atoms with Crippen LogP contribution in [0.25, 0.3) is 11.5 Å². The van der Waals surface area contributed by atoms with Gasteiger partial charge in [-0.1, -0.05) is 32.9 Å². The van der Waals surface area contributed by atoms with Gasteiger partial charge in [0.05, 0.1) is 24.9 Å². The number of amides is 1. The summed E-state index contributed by atoms with van der Waals surface area (Å²) in [5.41, 5.74) is 3.97. The second kappa shape index (κ2) is 12.9. The van der Waals surface area contributed by atoms with Crippen LogP contribution in [-0.4, -0.2) is 59.0 Å². The lowest BCUT2D eigenvalue weighted by molar-refractivity contribution is -0.123. The molecule has 9 heteroatoms. The number of hydrogen-bond acceptors (Lipinski definition) is 8. The first-order valence-corrected chi connectivity index (χ1v) is 15.0. The number of aliphatic hydroxyl groups excluding tert-OH is 1. The average molecular weight is 577 g/mol. The normalized spacial score (nSPS) is 18.9. The van der Waals surface area contributed by atoms with Crippen molar-refractivity contribution in [3.05, 3.63) is 65.7 Å². The molecular weight excluding hydrogens is 532 g/mol. The highest BCUT2D eigenvalue weighted by Crippen LogP contribution is 2.48. The fourth-order valence-electron chi connectivity index (χ4n) is 5.96. The zero-order chi connectivity index (χ0) is 29.7. The summed E-state index contributed by atoms with van der Waals surface area (Å²) in [7, 11) is 1.57. The fraction of sp³-hybridized carbons (Fsp3) is 0.545. The molecule has 1 saturated carbocycles. The Balaban J connectivity index is 1.33. The van der Waals surface area contributed by atoms with E-state index in [0.29, 0.717) is 31.3 Å². The van der Waals surface area contributed by atoms with Crippen LogP contribution >= 0.6 is 0 Å². The minimum atomic E-state index is -0.837. The van der Waals surface area contributed by atoms with Gasteiger partial charge in [0.15, 0.2) is 0 Å². The Morgan fingerprint density at radius 1 is 1.21 bits per heavy atom. The predicted octanol–water partition coefficient (Wildman–Crippen LogP) is 4.79. The van der Waals surface area contributed by atoms with Crippen LogP contribution in [-0.2, 0) is 22.4 Å². The molecule has 3 N–H and O–H groups in total. The number of carbonyl (C=O) groups excluding carboxylic acids is 1. The molecule has 0 unspecified atom stereocenters. The number of carbonyl (C=O) groups is 1. The maximum Gasteiger partial charge on any atom is 0.225 e. The molecule has 9 nitrogen and oxygen atoms in total. The molecule has 1 aromatic carbocycles. The van der Waals surface area contributed by atoms with Gasteiger partial charge in [0.2, 0.25) is 17.7 Å². The second-order valence-corrected chi connectivity index (χ2v) is 13.0. The van der Waals surface area contributed by atoms with Crippen LogP contribution in [0.15, 0.2) is 53.4 Å². The molecule has 0 saturated heterocycles. The van der Waals surface area contributed by atoms with Crippen LogP contribution in [0.4, 0.5) is 0 Å². The van der Waals surface area contributed by atoms with Crippen LogP contribution < -0.4 is 15.4 Å². The first kappa shape index (κ1) is 30.2. The van der Waals surface area contributed by atoms with Crippen molar-refractivity contribution in [3.8, 4) is 17.3 Å². The lowest BCUT2D eigenvalue weighted by atomic mass is 9.73. The van der Waals surface area contributed by atoms with E-state index in [-0.39, 0.29) is 29.4 Å². The van der Waals surface area contributed by atoms with Crippen LogP contribution in [0.1, 0.15) is 75.6 Å². The molecule has 1 fully saturated rings. The number of aliphatic hydroxyl groups is 1. The molecule has 226 valence electrons. The number of rotatable bonds is 12. The zero-order valence-corrected chi connectivity index (χ0v) is 25.2. The number of benzene rings is 1. The van der Waals surface area contributed by atoms with Gasteiger partial charge in [-0.15, -0.1) is 0 Å². The zero-order valence-electron chi connectivity index (χ0n) is 25.2. The van der Waals surface area contributed by atoms with E-state index in [4.69, 9.17) is 18.9 Å². The molecule has 0 radical (unpaired) electrons. The van der Waals surface area contributed by atoms with Crippen molar-refractivity contribution in [2.45, 2.75) is 89.5 Å². The highest BCUT2D eigenvalue weighted by atomic mass is 16.5. The molecule has 3 aromatic rings. The summed E-state index contributed by atoms with van der Waals surface area (Å²) in [5, 5.41) is 18.2. The molecule has 1 aliphatic heterocycles. The minimum Gasteiger partial charge on any atom is -0.471 e. The number of pyridine rings is 1. The highest BCUT2D eigenvalue weighted by Gasteiger charge is 2.46. The molecule has 3 atom stereocenters. The first-order chi connectivity index (χ1) is 20.1. The Morgan fingerprint density at radius 3 is 2.74 bits per heavy atom. The third-order valence-electron chi connectivity index (χ3n) is 8.18. The third-order valence-corrected chi connectivity index (χ3v) is 8.18. The predicted molar refractivity (Wildman–Crippen MR) is 160 cm³/mol. The van der Waals surface area contributed by atoms with Gasteiger partial charge in [-0.2, -0.15) is 0 Å². The number of methoxy groups -OCH3 is 1. The third kappa shape index (κ3) is 7.56. The van der Waals surface area contributed by atoms with Gasteiger partial charge < -0.3 is 29.6 Å². The van der Waals surface area contributed by atoms with Crippen LogP contribution in [0.3, 0.4) is 0 Å². The quantitative estimate of drug-likeness (QED) is 0.282. The standard InChI is InChI=1S/C33H44N4O5/c1-32(2,3)18-23-16-25-27(19-33(10-6-11-33)42-31(25)36-20-23)35-21-28(38)26(37-29(39)9-13-40-4)17-22-7-5-8-24(15-22)30-34-12-14-41-30/h5,7-8,12,14-16,20,26-28,35,38H,6,9-11,13,17-19,21H2,1-4H3,(H,37,39)/t26-,27-,28+/m0/s1. The number of hydrogen-bond donors (Lipinski definition) is 3. The van der Waals surface area contributed by atoms with E-state index in [0.717, 1.165) is 48.8 Å². The Kier molecular flexibility index (Phi) is 9.30. The summed E-state index contributed by atoms with van der Waals surface area (Å²) in [6, 6.07) is 9.53. The largest absolute Gasteiger partial charge is 0.471 e. The summed E-state index contributed by atoms with van der Waals surface area (Å²) in [4.78, 5) is 21.7. The van der Waals surface area contributed by atoms with Gasteiger partial charge in [-0.05, 0) is 66.8 Å². The van der Waals surface area contributed by atoms with Gasteiger partial charge in [-0.3, -0.25) is 4.79 Å². The summed E-state index contributed by atoms with van der Waals surface area (Å²) in [6.07, 6.45) is 9.84. The van der Waals surface area contributed by atoms with E-state index in [1.54, 1.807) is 19.6 Å². The summed E-state index contributed by atoms with van der Waals surface area (Å²) in [5.74, 6) is 1.06. The SMILES string of the molecule is COCCC(=O)N[C@@H](Cc1cccc(-c2ncco2)c1)[C@H](O)CN[C@H]1CC2(CCC2)Oc2ncc(CC(C)(C)C)cc21. The molecule has 1 aliphatic carbocycles. The average Bonchev–Trinajstić information content (AvgIpc) is 3.48. The number of fused-ring (bicyclic) bond motifs is 1. The van der Waals surface area contributed by atoms with E-state index in [1.807, 2.05) is 30.5 Å². The molecule has 0 bridgehead atoms. The van der Waals surface area contributed by atoms with Crippen molar-refractivity contribution in [3.63, 3.8) is 0 Å². The van der Waals surface area contributed by atoms with Crippen molar-refractivity contribution < 1.29 is 23.8 Å². The monoisotopic (exact) mass is 576 g/mol. The number of nitrogens with zero attached hydrogens (tertiary/aromatic N) is 2. The molecular formula is C33H44N4O5. The van der Waals surface area contributed by atoms with Crippen molar-refractivity contribution in [2.75, 3.05) is 20.3 Å². The molecule has 42 heavy (non-hydrogen) atoms. The van der Waals surface area contributed by atoms with E-state index >= 15 is 0 Å². The van der Waals surface area contributed by atoms with E-state index < -0.39 is 12.1 Å². The van der Waals surface area contributed by atoms with Crippen molar-refractivity contribution in [1.82, 2.24) is 20.6 Å². The number of ether oxygens (including phenoxy) is 2. The van der Waals surface area contributed by atoms with E-state index in [1.165, 1.54) is 5.56 Å². The van der Waals surface area contributed by atoms with Crippen molar-refractivity contribution in [2.24, 2.45) is 5.41 Å². The van der Waals surface area contributed by atoms with Gasteiger partial charge in [0, 0.05) is 49.9 Å². The molecule has 5 rings (SSSR count). The van der Waals surface area contributed by atoms with Crippen molar-refractivity contribution >= 4 is 5.91 Å². The van der Waals surface area contributed by atoms with Gasteiger partial charge >= 0.3 is 0 Å². The molecule has 2 aliphatic rings. The maximum atomic E-state index is 12.7. The van der Waals surface area contributed by atoms with Gasteiger partial charge in [0.1, 0.15) is 11.9 Å². The molecule has 1 spiro atoms. The van der Waals surface area contributed by atoms with Gasteiger partial charge in [0.25, 0.3) is 0 Å². The highest BCUT2D eigenvalue weighted by molar-refractivity contribution is 5.76. The summed E-state index contributed by atoms with van der Waals surface area (Å²) in [6.45, 7) is 7.29. The Hall–Kier alpha value is -3.27. The Labute approximate surface area is 248 Å². The molecule has 2 aromatic heterocycles. The Bertz CT molecular complexity index is 1330. The minimum absolute atomic E-state index is 0.00526. The lowest BCUT2D eigenvalue weighted by Crippen LogP contribution is -2.52. The van der Waals surface area contributed by atoms with Gasteiger partial charge in [-0.25, -0.2) is 9.97 Å². The number of nitrogens with one attached hydrogen (secondary N) is 2. The first-order valence-electron chi connectivity index (χ1n) is 15.0. The Morgan fingerprint density at radius 2 is 2.05 bits per heavy atom. The topological polar surface area (TPSA) is 119 Å². The molecule has 1 amide bonds. The smallest absolute Gasteiger partial charge is 0.225 e. The lowest BCUT2D eigenvalue weighted by Gasteiger charge is -2.47. The molecule has 3 heterocycles. The van der Waals surface area contributed by atoms with Crippen molar-refractivity contribution in [1.29, 1.82) is 0 Å². The summed E-state index contributed by atoms with van der Waals surface area (Å²) >= 11 is 0. The van der Waals surface area contributed by atoms with Crippen LogP contribution in [0.2, 0.25) is 0 Å². The van der Waals surface area contributed by atoms with E-state index in [9.17, 15) is 9.90 Å². The fourth-order valence-corrected chi connectivity index (χ4v) is 5.96. The number of aromatic nitrogens is 2. The van der Waals surface area contributed by atoms with E-state index in [2.05, 4.69) is 42.5 Å². The van der Waals surface area contributed by atoms with Crippen LogP contribution in [0, 0.1) is 5.41 Å².